The Balaban J connectivity index is 1.35. The predicted octanol–water partition coefficient (Wildman–Crippen LogP) is 3.09. The van der Waals surface area contributed by atoms with E-state index in [1.165, 1.54) is 10.9 Å². The van der Waals surface area contributed by atoms with Gasteiger partial charge >= 0.3 is 5.97 Å². The Labute approximate surface area is 194 Å². The van der Waals surface area contributed by atoms with E-state index in [9.17, 15) is 13.2 Å². The van der Waals surface area contributed by atoms with Crippen molar-refractivity contribution in [3.05, 3.63) is 78.0 Å². The molecule has 3 aromatic rings. The summed E-state index contributed by atoms with van der Waals surface area (Å²) in [6, 6.07) is 15.9. The zero-order chi connectivity index (χ0) is 23.3. The van der Waals surface area contributed by atoms with E-state index in [4.69, 9.17) is 9.15 Å². The van der Waals surface area contributed by atoms with Gasteiger partial charge in [0.2, 0.25) is 0 Å². The Kier molecular flexibility index (Phi) is 7.32. The molecule has 1 aliphatic rings. The lowest BCUT2D eigenvalue weighted by molar-refractivity contribution is -0.142. The summed E-state index contributed by atoms with van der Waals surface area (Å²) in [5.74, 6) is 1.15. The van der Waals surface area contributed by atoms with Crippen LogP contribution in [0.25, 0.3) is 0 Å². The molecule has 1 aliphatic heterocycles. The fourth-order valence-corrected chi connectivity index (χ4v) is 5.40. The van der Waals surface area contributed by atoms with E-state index in [0.29, 0.717) is 18.8 Å². The summed E-state index contributed by atoms with van der Waals surface area (Å²) in [5.41, 5.74) is 0.758. The lowest BCUT2D eigenvalue weighted by atomic mass is 10.3. The summed E-state index contributed by atoms with van der Waals surface area (Å²) in [7, 11) is -3.61. The first-order valence-corrected chi connectivity index (χ1v) is 12.5. The highest BCUT2D eigenvalue weighted by atomic mass is 32.2. The number of ether oxygens (including phenoxy) is 1. The minimum Gasteiger partial charge on any atom is -0.461 e. The summed E-state index contributed by atoms with van der Waals surface area (Å²) >= 11 is 0. The van der Waals surface area contributed by atoms with Crippen LogP contribution in [0.15, 0.2) is 70.1 Å². The molecule has 4 rings (SSSR count). The van der Waals surface area contributed by atoms with Gasteiger partial charge in [0.15, 0.2) is 0 Å². The number of hydrogen-bond acceptors (Lipinski definition) is 7. The third kappa shape index (κ3) is 5.93. The molecule has 1 saturated heterocycles. The minimum atomic E-state index is -3.61. The van der Waals surface area contributed by atoms with Gasteiger partial charge in [-0.05, 0) is 55.9 Å². The molecule has 2 aromatic heterocycles. The molecule has 0 atom stereocenters. The largest absolute Gasteiger partial charge is 0.461 e. The highest BCUT2D eigenvalue weighted by Gasteiger charge is 2.22. The highest BCUT2D eigenvalue weighted by Crippen LogP contribution is 2.19. The third-order valence-electron chi connectivity index (χ3n) is 5.67. The van der Waals surface area contributed by atoms with Gasteiger partial charge in [-0.3, -0.25) is 14.6 Å². The molecule has 9 heteroatoms. The maximum Gasteiger partial charge on any atom is 0.303 e. The molecule has 33 heavy (non-hydrogen) atoms. The molecular weight excluding hydrogens is 442 g/mol. The van der Waals surface area contributed by atoms with Crippen molar-refractivity contribution in [3.63, 3.8) is 0 Å². The van der Waals surface area contributed by atoms with Crippen LogP contribution in [0, 0.1) is 0 Å². The van der Waals surface area contributed by atoms with Gasteiger partial charge < -0.3 is 9.15 Å². The number of furan rings is 1. The van der Waals surface area contributed by atoms with Crippen LogP contribution < -0.4 is 0 Å². The van der Waals surface area contributed by atoms with E-state index in [1.807, 2.05) is 24.3 Å². The number of nitrogens with zero attached hydrogens (tertiary/aromatic N) is 3. The van der Waals surface area contributed by atoms with Gasteiger partial charge in [0.05, 0.1) is 11.4 Å². The van der Waals surface area contributed by atoms with Gasteiger partial charge in [-0.1, -0.05) is 18.2 Å². The van der Waals surface area contributed by atoms with Crippen LogP contribution in [0.3, 0.4) is 0 Å². The molecule has 176 valence electrons. The molecular formula is C24H29N3O5S. The summed E-state index contributed by atoms with van der Waals surface area (Å²) in [6.45, 7) is 6.29. The quantitative estimate of drug-likeness (QED) is 0.467. The molecule has 0 bridgehead atoms. The van der Waals surface area contributed by atoms with Crippen LogP contribution in [0.4, 0.5) is 0 Å². The molecule has 0 aliphatic carbocycles. The number of hydrogen-bond donors (Lipinski definition) is 0. The van der Waals surface area contributed by atoms with Crippen molar-refractivity contribution in [2.75, 3.05) is 26.2 Å². The first-order chi connectivity index (χ1) is 15.9. The molecule has 0 spiro atoms. The van der Waals surface area contributed by atoms with Crippen LogP contribution in [-0.4, -0.2) is 54.3 Å². The van der Waals surface area contributed by atoms with Crippen molar-refractivity contribution in [3.8, 4) is 0 Å². The van der Waals surface area contributed by atoms with Crippen LogP contribution in [-0.2, 0) is 39.3 Å². The summed E-state index contributed by atoms with van der Waals surface area (Å²) in [4.78, 5) is 15.9. The average Bonchev–Trinajstić information content (AvgIpc) is 3.40. The molecule has 3 heterocycles. The first-order valence-electron chi connectivity index (χ1n) is 11.0. The zero-order valence-corrected chi connectivity index (χ0v) is 19.5. The van der Waals surface area contributed by atoms with Gasteiger partial charge in [0.25, 0.3) is 10.0 Å². The minimum absolute atomic E-state index is 0.147. The van der Waals surface area contributed by atoms with Crippen molar-refractivity contribution >= 4 is 16.0 Å². The molecule has 0 radical (unpaired) electrons. The molecule has 0 saturated carbocycles. The zero-order valence-electron chi connectivity index (χ0n) is 18.7. The molecule has 1 fully saturated rings. The number of aromatic nitrogens is 1. The summed E-state index contributed by atoms with van der Waals surface area (Å²) < 4.78 is 38.3. The summed E-state index contributed by atoms with van der Waals surface area (Å²) in [5, 5.41) is 0. The van der Waals surface area contributed by atoms with E-state index >= 15 is 0 Å². The monoisotopic (exact) mass is 471 g/mol. The fraction of sp³-hybridized carbons (Fsp3) is 0.375. The Bertz CT molecular complexity index is 1170. The number of esters is 1. The van der Waals surface area contributed by atoms with E-state index in [-0.39, 0.29) is 17.5 Å². The van der Waals surface area contributed by atoms with Crippen LogP contribution in [0.1, 0.15) is 30.6 Å². The second kappa shape index (κ2) is 10.4. The normalized spacial score (nSPS) is 15.9. The highest BCUT2D eigenvalue weighted by molar-refractivity contribution is 7.90. The number of carbonyl (C=O) groups excluding carboxylic acids is 1. The van der Waals surface area contributed by atoms with Gasteiger partial charge in [-0.25, -0.2) is 12.4 Å². The second-order valence-electron chi connectivity index (χ2n) is 8.17. The Hall–Kier alpha value is -2.88. The second-order valence-corrected chi connectivity index (χ2v) is 9.98. The Morgan fingerprint density at radius 3 is 2.33 bits per heavy atom. The van der Waals surface area contributed by atoms with E-state index in [2.05, 4.69) is 9.80 Å². The van der Waals surface area contributed by atoms with Crippen molar-refractivity contribution in [1.29, 1.82) is 0 Å². The Morgan fingerprint density at radius 1 is 0.909 bits per heavy atom. The SMILES string of the molecule is CC(=O)OCc1ccc(CN2CCCN(Cc3cccn3S(=O)(=O)c3ccccc3)CC2)o1. The molecule has 1 aromatic carbocycles. The standard InChI is InChI=1S/C24H29N3O5S/c1-20(28)31-19-23-11-10-22(32-23)18-26-13-6-12-25(15-16-26)17-21-7-5-14-27(21)33(29,30)24-8-3-2-4-9-24/h2-5,7-11,14H,6,12-13,15-19H2,1H3. The molecule has 8 nitrogen and oxygen atoms in total. The van der Waals surface area contributed by atoms with Gasteiger partial charge in [-0.2, -0.15) is 0 Å². The van der Waals surface area contributed by atoms with Gasteiger partial charge in [0.1, 0.15) is 18.1 Å². The van der Waals surface area contributed by atoms with Crippen molar-refractivity contribution in [2.45, 2.75) is 37.9 Å². The topological polar surface area (TPSA) is 85.0 Å². The summed E-state index contributed by atoms with van der Waals surface area (Å²) in [6.07, 6.45) is 2.60. The lowest BCUT2D eigenvalue weighted by Gasteiger charge is -2.22. The molecule has 0 N–H and O–H groups in total. The van der Waals surface area contributed by atoms with Crippen LogP contribution in [0.5, 0.6) is 0 Å². The van der Waals surface area contributed by atoms with Crippen LogP contribution in [0.2, 0.25) is 0 Å². The van der Waals surface area contributed by atoms with E-state index < -0.39 is 10.0 Å². The van der Waals surface area contributed by atoms with Crippen molar-refractivity contribution < 1.29 is 22.4 Å². The van der Waals surface area contributed by atoms with Gasteiger partial charge in [-0.15, -0.1) is 0 Å². The maximum atomic E-state index is 13.1. The van der Waals surface area contributed by atoms with Crippen molar-refractivity contribution in [2.24, 2.45) is 0 Å². The maximum absolute atomic E-state index is 13.1. The number of rotatable bonds is 8. The third-order valence-corrected chi connectivity index (χ3v) is 7.42. The predicted molar refractivity (Wildman–Crippen MR) is 123 cm³/mol. The van der Waals surface area contributed by atoms with E-state index in [1.54, 1.807) is 36.5 Å². The number of carbonyl (C=O) groups is 1. The molecule has 0 unspecified atom stereocenters. The average molecular weight is 472 g/mol. The molecule has 0 amide bonds. The lowest BCUT2D eigenvalue weighted by Crippen LogP contribution is -2.31. The van der Waals surface area contributed by atoms with Crippen LogP contribution >= 0.6 is 0 Å². The first kappa shape index (κ1) is 23.3. The fourth-order valence-electron chi connectivity index (χ4n) is 4.01. The van der Waals surface area contributed by atoms with Gasteiger partial charge in [0, 0.05) is 38.4 Å². The van der Waals surface area contributed by atoms with E-state index in [0.717, 1.165) is 44.1 Å². The Morgan fingerprint density at radius 2 is 1.61 bits per heavy atom. The smallest absolute Gasteiger partial charge is 0.303 e. The number of benzene rings is 1. The van der Waals surface area contributed by atoms with Crippen molar-refractivity contribution in [1.82, 2.24) is 13.8 Å².